The van der Waals surface area contributed by atoms with Gasteiger partial charge in [-0.05, 0) is 143 Å². The van der Waals surface area contributed by atoms with Crippen molar-refractivity contribution in [2.75, 3.05) is 0 Å². The zero-order valence-corrected chi connectivity index (χ0v) is 38.6. The SMILES string of the molecule is C1=CC2CC=c3ccc(-c4cc(-c5ccc6ccc7cccc8ccc5c6c78)cc5c(-c6ccc(-c7nc8ccccc8o7)cc6)nc(-c6ccc(-c7nc8ccccc8o7)cc6)nc45)c4ccc(c2c34)=C1. The minimum atomic E-state index is 0.340. The largest absolute Gasteiger partial charge is 0.436 e. The normalized spacial score (nSPS) is 14.1. The molecular weight excluding hydrogens is 881 g/mol. The summed E-state index contributed by atoms with van der Waals surface area (Å²) in [4.78, 5) is 20.8. The van der Waals surface area contributed by atoms with Crippen LogP contribution in [0.25, 0.3) is 156 Å². The Morgan fingerprint density at radius 3 is 1.76 bits per heavy atom. The van der Waals surface area contributed by atoms with Crippen molar-refractivity contribution in [3.63, 3.8) is 0 Å². The van der Waals surface area contributed by atoms with Crippen LogP contribution >= 0.6 is 0 Å². The lowest BCUT2D eigenvalue weighted by Crippen LogP contribution is -2.23. The summed E-state index contributed by atoms with van der Waals surface area (Å²) in [5.41, 5.74) is 14.3. The number of fused-ring (bicyclic) bond motifs is 3. The van der Waals surface area contributed by atoms with Crippen molar-refractivity contribution in [3.8, 4) is 67.8 Å². The van der Waals surface area contributed by atoms with Gasteiger partial charge in [-0.3, -0.25) is 0 Å². The molecule has 11 aromatic carbocycles. The highest BCUT2D eigenvalue weighted by atomic mass is 16.4. The number of hydrogen-bond acceptors (Lipinski definition) is 6. The molecule has 0 radical (unpaired) electrons. The smallest absolute Gasteiger partial charge is 0.227 e. The van der Waals surface area contributed by atoms with Crippen LogP contribution in [0, 0.1) is 0 Å². The molecule has 0 saturated carbocycles. The maximum Gasteiger partial charge on any atom is 0.227 e. The number of para-hydroxylation sites is 4. The molecule has 0 spiro atoms. The predicted molar refractivity (Wildman–Crippen MR) is 293 cm³/mol. The standard InChI is InChI=1S/C66H38N4O2/c1-3-13-56-54(11-1)67-65(71-56)45-23-19-43(20-24-45)62-53-36-47(48-31-27-41-17-15-37-7-5-9-39-29-33-50(48)60(41)58(37)39)35-52(49-32-28-42-18-16-38-8-6-10-40-30-34-51(49)61(42)59(38)40)63(53)70-64(69-62)44-21-25-46(26-22-44)66-68-55-12-2-4-14-57(55)72-66/h1-15,17-36,38H,16H2. The third-order valence-electron chi connectivity index (χ3n) is 15.2. The number of aromatic nitrogens is 4. The second-order valence-corrected chi connectivity index (χ2v) is 19.2. The molecule has 72 heavy (non-hydrogen) atoms. The number of oxazole rings is 2. The van der Waals surface area contributed by atoms with Crippen LogP contribution in [0.5, 0.6) is 0 Å². The highest BCUT2D eigenvalue weighted by Gasteiger charge is 2.24. The average molecular weight is 919 g/mol. The quantitative estimate of drug-likeness (QED) is 0.155. The molecule has 0 aliphatic heterocycles. The van der Waals surface area contributed by atoms with Crippen LogP contribution in [0.2, 0.25) is 0 Å². The number of nitrogens with zero attached hydrogens (tertiary/aromatic N) is 4. The predicted octanol–water partition coefficient (Wildman–Crippen LogP) is 15.6. The Balaban J connectivity index is 0.974. The first-order valence-corrected chi connectivity index (χ1v) is 24.5. The summed E-state index contributed by atoms with van der Waals surface area (Å²) in [7, 11) is 0. The van der Waals surface area contributed by atoms with E-state index >= 15 is 0 Å². The summed E-state index contributed by atoms with van der Waals surface area (Å²) < 4.78 is 12.4. The molecule has 16 rings (SSSR count). The maximum atomic E-state index is 6.25. The summed E-state index contributed by atoms with van der Waals surface area (Å²) in [6, 6.07) is 66.7. The van der Waals surface area contributed by atoms with E-state index in [0.29, 0.717) is 23.5 Å². The van der Waals surface area contributed by atoms with Gasteiger partial charge in [0.2, 0.25) is 11.8 Å². The molecule has 3 aromatic heterocycles. The van der Waals surface area contributed by atoms with Crippen molar-refractivity contribution in [1.82, 2.24) is 19.9 Å². The fourth-order valence-corrected chi connectivity index (χ4v) is 11.8. The molecule has 6 heteroatoms. The van der Waals surface area contributed by atoms with Gasteiger partial charge in [0.1, 0.15) is 11.0 Å². The third-order valence-corrected chi connectivity index (χ3v) is 15.2. The second-order valence-electron chi connectivity index (χ2n) is 19.2. The second kappa shape index (κ2) is 15.0. The van der Waals surface area contributed by atoms with E-state index in [4.69, 9.17) is 28.8 Å². The van der Waals surface area contributed by atoms with Crippen LogP contribution in [0.1, 0.15) is 17.9 Å². The Bertz CT molecular complexity index is 4690. The van der Waals surface area contributed by atoms with E-state index in [9.17, 15) is 0 Å². The Kier molecular flexibility index (Phi) is 8.19. The first-order valence-electron chi connectivity index (χ1n) is 24.5. The van der Waals surface area contributed by atoms with E-state index < -0.39 is 0 Å². The lowest BCUT2D eigenvalue weighted by molar-refractivity contribution is 0.619. The molecule has 0 amide bonds. The van der Waals surface area contributed by atoms with Gasteiger partial charge in [0.25, 0.3) is 0 Å². The van der Waals surface area contributed by atoms with Crippen LogP contribution in [-0.4, -0.2) is 19.9 Å². The van der Waals surface area contributed by atoms with Gasteiger partial charge in [-0.25, -0.2) is 19.9 Å². The van der Waals surface area contributed by atoms with Crippen molar-refractivity contribution in [3.05, 3.63) is 216 Å². The van der Waals surface area contributed by atoms with Gasteiger partial charge < -0.3 is 8.83 Å². The lowest BCUT2D eigenvalue weighted by Gasteiger charge is -2.24. The Hall–Kier alpha value is -9.52. The van der Waals surface area contributed by atoms with Crippen LogP contribution in [0.3, 0.4) is 0 Å². The molecule has 0 fully saturated rings. The van der Waals surface area contributed by atoms with E-state index in [1.165, 1.54) is 59.1 Å². The van der Waals surface area contributed by atoms with Gasteiger partial charge in [0, 0.05) is 39.1 Å². The Labute approximate surface area is 411 Å². The Morgan fingerprint density at radius 1 is 0.417 bits per heavy atom. The average Bonchev–Trinajstić information content (AvgIpc) is 4.09. The highest BCUT2D eigenvalue weighted by molar-refractivity contribution is 6.26. The highest BCUT2D eigenvalue weighted by Crippen LogP contribution is 2.45. The molecule has 334 valence electrons. The first kappa shape index (κ1) is 39.3. The fraction of sp³-hybridized carbons (Fsp3) is 0.0303. The molecule has 0 bridgehead atoms. The van der Waals surface area contributed by atoms with E-state index in [-0.39, 0.29) is 0 Å². The monoisotopic (exact) mass is 918 g/mol. The van der Waals surface area contributed by atoms with E-state index in [1.54, 1.807) is 0 Å². The van der Waals surface area contributed by atoms with Gasteiger partial charge in [0.15, 0.2) is 17.0 Å². The van der Waals surface area contributed by atoms with Crippen LogP contribution in [0.15, 0.2) is 209 Å². The fourth-order valence-electron chi connectivity index (χ4n) is 11.8. The molecule has 2 aliphatic rings. The number of allylic oxidation sites excluding steroid dienone is 2. The number of rotatable bonds is 6. The van der Waals surface area contributed by atoms with Crippen LogP contribution < -0.4 is 10.4 Å². The van der Waals surface area contributed by atoms with Crippen LogP contribution in [0.4, 0.5) is 0 Å². The zero-order valence-electron chi connectivity index (χ0n) is 38.6. The van der Waals surface area contributed by atoms with Gasteiger partial charge in [-0.15, -0.1) is 0 Å². The van der Waals surface area contributed by atoms with Crippen molar-refractivity contribution < 1.29 is 8.83 Å². The van der Waals surface area contributed by atoms with Gasteiger partial charge in [-0.2, -0.15) is 0 Å². The van der Waals surface area contributed by atoms with Gasteiger partial charge >= 0.3 is 0 Å². The Morgan fingerprint density at radius 2 is 1.03 bits per heavy atom. The molecule has 0 saturated heterocycles. The summed E-state index contributed by atoms with van der Waals surface area (Å²) in [5.74, 6) is 2.11. The van der Waals surface area contributed by atoms with Crippen molar-refractivity contribution in [2.24, 2.45) is 0 Å². The molecule has 6 nitrogen and oxygen atoms in total. The minimum absolute atomic E-state index is 0.340. The molecule has 1 atom stereocenters. The summed E-state index contributed by atoms with van der Waals surface area (Å²) in [6.45, 7) is 0. The molecule has 2 aliphatic carbocycles. The topological polar surface area (TPSA) is 77.8 Å². The van der Waals surface area contributed by atoms with Crippen molar-refractivity contribution in [2.45, 2.75) is 12.3 Å². The third kappa shape index (κ3) is 5.90. The molecule has 0 N–H and O–H groups in total. The van der Waals surface area contributed by atoms with Gasteiger partial charge in [-0.1, -0.05) is 152 Å². The van der Waals surface area contributed by atoms with Crippen molar-refractivity contribution >= 4 is 88.3 Å². The van der Waals surface area contributed by atoms with E-state index in [1.807, 2.05) is 60.7 Å². The summed E-state index contributed by atoms with van der Waals surface area (Å²) in [6.07, 6.45) is 10.2. The number of hydrogen-bond donors (Lipinski definition) is 0. The van der Waals surface area contributed by atoms with Crippen molar-refractivity contribution in [1.29, 1.82) is 0 Å². The van der Waals surface area contributed by atoms with Gasteiger partial charge in [0.05, 0.1) is 11.2 Å². The zero-order chi connectivity index (χ0) is 47.0. The molecule has 3 heterocycles. The first-order chi connectivity index (χ1) is 35.6. The lowest BCUT2D eigenvalue weighted by atomic mass is 9.80. The summed E-state index contributed by atoms with van der Waals surface area (Å²) in [5, 5.41) is 13.6. The number of benzene rings is 11. The molecule has 1 unspecified atom stereocenters. The molecule has 14 aromatic rings. The minimum Gasteiger partial charge on any atom is -0.436 e. The summed E-state index contributed by atoms with van der Waals surface area (Å²) >= 11 is 0. The molecular formula is C66H38N4O2. The van der Waals surface area contributed by atoms with Crippen LogP contribution in [-0.2, 0) is 0 Å². The van der Waals surface area contributed by atoms with E-state index in [0.717, 1.165) is 89.7 Å². The maximum absolute atomic E-state index is 6.25. The van der Waals surface area contributed by atoms with E-state index in [2.05, 4.69) is 152 Å².